The van der Waals surface area contributed by atoms with Gasteiger partial charge in [-0.1, -0.05) is 89.8 Å². The Morgan fingerprint density at radius 2 is 1.07 bits per heavy atom. The van der Waals surface area contributed by atoms with Gasteiger partial charge in [-0.3, -0.25) is 19.2 Å². The summed E-state index contributed by atoms with van der Waals surface area (Å²) in [6.45, 7) is 10.0. The third-order valence-electron chi connectivity index (χ3n) is 14.7. The Morgan fingerprint density at radius 1 is 0.644 bits per heavy atom. The molecule has 8 atom stereocenters. The number of aromatic nitrogens is 2. The molecule has 8 unspecified atom stereocenters. The second-order valence-electron chi connectivity index (χ2n) is 18.5. The molecular formula is C49H66N4O6. The lowest BCUT2D eigenvalue weighted by Gasteiger charge is -2.47. The Kier molecular flexibility index (Phi) is 13.5. The summed E-state index contributed by atoms with van der Waals surface area (Å²) in [4.78, 5) is 61.9. The van der Waals surface area contributed by atoms with Crippen molar-refractivity contribution in [1.29, 1.82) is 0 Å². The third-order valence-corrected chi connectivity index (χ3v) is 14.7. The molecule has 4 heterocycles. The Balaban J connectivity index is 0.000000179. The van der Waals surface area contributed by atoms with E-state index >= 15 is 0 Å². The van der Waals surface area contributed by atoms with Crippen LogP contribution in [0.4, 0.5) is 0 Å². The van der Waals surface area contributed by atoms with E-state index < -0.39 is 5.97 Å². The van der Waals surface area contributed by atoms with Crippen molar-refractivity contribution in [2.45, 2.75) is 129 Å². The molecule has 318 valence electrons. The molecule has 2 saturated heterocycles. The largest absolute Gasteiger partial charge is 0.481 e. The molecule has 2 saturated carbocycles. The normalized spacial score (nSPS) is 25.5. The number of likely N-dealkylation sites (tertiary alicyclic amines) is 2. The number of esters is 1. The number of fused-ring (bicyclic) bond motifs is 4. The van der Waals surface area contributed by atoms with Gasteiger partial charge in [0.15, 0.2) is 0 Å². The first-order chi connectivity index (χ1) is 28.5. The van der Waals surface area contributed by atoms with Crippen molar-refractivity contribution in [2.24, 2.45) is 35.5 Å². The van der Waals surface area contributed by atoms with E-state index in [2.05, 4.69) is 85.3 Å². The first-order valence-electron chi connectivity index (χ1n) is 22.5. The highest BCUT2D eigenvalue weighted by Gasteiger charge is 2.46. The summed E-state index contributed by atoms with van der Waals surface area (Å²) in [5.41, 5.74) is 4.68. The highest BCUT2D eigenvalue weighted by Crippen LogP contribution is 2.43. The minimum atomic E-state index is -0.687. The number of para-hydroxylation sites is 2. The number of nitrogens with one attached hydrogen (secondary N) is 2. The zero-order valence-electron chi connectivity index (χ0n) is 35.8. The number of hydrogen-bond acceptors (Lipinski definition) is 5. The van der Waals surface area contributed by atoms with Crippen LogP contribution in [0.1, 0.15) is 128 Å². The fourth-order valence-electron chi connectivity index (χ4n) is 11.5. The summed E-state index contributed by atoms with van der Waals surface area (Å²) in [6, 6.07) is 16.9. The van der Waals surface area contributed by atoms with E-state index in [4.69, 9.17) is 4.74 Å². The van der Waals surface area contributed by atoms with Crippen LogP contribution in [0, 0.1) is 35.5 Å². The topological polar surface area (TPSA) is 136 Å². The van der Waals surface area contributed by atoms with Crippen LogP contribution in [-0.2, 0) is 23.9 Å². The molecule has 0 bridgehead atoms. The number of aliphatic carboxylic acids is 1. The number of aromatic amines is 2. The minimum absolute atomic E-state index is 0.0566. The Bertz CT molecular complexity index is 2080. The Hall–Kier alpha value is -4.60. The lowest BCUT2D eigenvalue weighted by atomic mass is 9.71. The molecule has 4 fully saturated rings. The number of amides is 2. The van der Waals surface area contributed by atoms with Crippen LogP contribution in [0.15, 0.2) is 60.9 Å². The van der Waals surface area contributed by atoms with Gasteiger partial charge in [-0.25, -0.2) is 0 Å². The van der Waals surface area contributed by atoms with Gasteiger partial charge in [-0.15, -0.1) is 0 Å². The number of carbonyl (C=O) groups is 4. The molecule has 0 spiro atoms. The van der Waals surface area contributed by atoms with Crippen molar-refractivity contribution in [3.8, 4) is 0 Å². The standard InChI is InChI=1S/C25H34N2O3.C24H32N2O3/c1-16(2)20(21-15-26-22-10-6-4-8-17(21)22)14-24(28)27-13-12-19(25(29)30-3)18-9-5-7-11-23(18)27;1-15(2)19(20-14-25-21-9-5-3-7-16(20)21)13-23(27)26-12-11-18(24(28)29)17-8-4-6-10-22(17)26/h4,6,8,10,15-16,18-20,23,26H,5,7,9,11-14H2,1-3H3;3,5,7,9,14-15,17-19,22,25H,4,6,8,10-13H2,1-2H3,(H,28,29). The zero-order valence-corrected chi connectivity index (χ0v) is 35.8. The van der Waals surface area contributed by atoms with E-state index in [1.165, 1.54) is 29.0 Å². The molecule has 2 aliphatic heterocycles. The Labute approximate surface area is 349 Å². The number of methoxy groups -OCH3 is 1. The quantitative estimate of drug-likeness (QED) is 0.137. The number of benzene rings is 2. The first kappa shape index (κ1) is 42.5. The summed E-state index contributed by atoms with van der Waals surface area (Å²) in [7, 11) is 1.48. The number of carboxylic acid groups (broad SMARTS) is 1. The summed E-state index contributed by atoms with van der Waals surface area (Å²) >= 11 is 0. The van der Waals surface area contributed by atoms with E-state index in [1.54, 1.807) is 0 Å². The molecule has 10 heteroatoms. The van der Waals surface area contributed by atoms with Gasteiger partial charge in [-0.2, -0.15) is 0 Å². The smallest absolute Gasteiger partial charge is 0.309 e. The highest BCUT2D eigenvalue weighted by molar-refractivity contribution is 5.87. The molecule has 59 heavy (non-hydrogen) atoms. The minimum Gasteiger partial charge on any atom is -0.481 e. The molecule has 2 aromatic carbocycles. The lowest BCUT2D eigenvalue weighted by Crippen LogP contribution is -2.54. The molecule has 2 aliphatic carbocycles. The van der Waals surface area contributed by atoms with E-state index in [1.807, 2.05) is 23.1 Å². The summed E-state index contributed by atoms with van der Waals surface area (Å²) in [5, 5.41) is 12.0. The molecule has 4 aromatic rings. The second-order valence-corrected chi connectivity index (χ2v) is 18.5. The SMILES string of the molecule is CC(C)C(CC(=O)N1CCC(C(=O)O)C2CCCCC21)c1c[nH]c2ccccc12.COC(=O)C1CCN(C(=O)CC(c2c[nH]c3ccccc23)C(C)C)C2CCCCC12. The summed E-state index contributed by atoms with van der Waals surface area (Å²) in [6.07, 6.45) is 14.8. The van der Waals surface area contributed by atoms with Crippen molar-refractivity contribution in [3.63, 3.8) is 0 Å². The average molecular weight is 807 g/mol. The molecule has 2 aromatic heterocycles. The third kappa shape index (κ3) is 8.97. The number of nitrogens with zero attached hydrogens (tertiary/aromatic N) is 2. The molecule has 8 rings (SSSR count). The molecule has 4 aliphatic rings. The predicted molar refractivity (Wildman–Crippen MR) is 232 cm³/mol. The summed E-state index contributed by atoms with van der Waals surface area (Å²) in [5.74, 6) is 0.683. The number of piperidine rings is 2. The van der Waals surface area contributed by atoms with Gasteiger partial charge in [0.1, 0.15) is 0 Å². The zero-order chi connectivity index (χ0) is 41.8. The number of carbonyl (C=O) groups excluding carboxylic acids is 3. The number of ether oxygens (including phenoxy) is 1. The van der Waals surface area contributed by atoms with Gasteiger partial charge < -0.3 is 29.6 Å². The number of carboxylic acids is 1. The second kappa shape index (κ2) is 18.8. The van der Waals surface area contributed by atoms with Crippen molar-refractivity contribution in [3.05, 3.63) is 72.1 Å². The van der Waals surface area contributed by atoms with E-state index in [9.17, 15) is 24.3 Å². The van der Waals surface area contributed by atoms with Gasteiger partial charge in [0, 0.05) is 72.2 Å². The lowest BCUT2D eigenvalue weighted by molar-refractivity contribution is -0.156. The molecule has 2 amide bonds. The maximum Gasteiger partial charge on any atom is 0.309 e. The first-order valence-corrected chi connectivity index (χ1v) is 22.5. The van der Waals surface area contributed by atoms with Gasteiger partial charge in [0.2, 0.25) is 11.8 Å². The van der Waals surface area contributed by atoms with Gasteiger partial charge in [-0.05, 0) is 97.3 Å². The van der Waals surface area contributed by atoms with E-state index in [0.717, 1.165) is 68.8 Å². The van der Waals surface area contributed by atoms with Gasteiger partial charge >= 0.3 is 11.9 Å². The molecule has 0 radical (unpaired) electrons. The van der Waals surface area contributed by atoms with Crippen LogP contribution >= 0.6 is 0 Å². The monoisotopic (exact) mass is 806 g/mol. The van der Waals surface area contributed by atoms with Crippen LogP contribution in [0.3, 0.4) is 0 Å². The van der Waals surface area contributed by atoms with E-state index in [-0.39, 0.29) is 65.4 Å². The fraction of sp³-hybridized carbons (Fsp3) is 0.592. The van der Waals surface area contributed by atoms with Crippen molar-refractivity contribution in [2.75, 3.05) is 20.2 Å². The van der Waals surface area contributed by atoms with Crippen LogP contribution in [0.5, 0.6) is 0 Å². The molecule has 3 N–H and O–H groups in total. The van der Waals surface area contributed by atoms with Crippen LogP contribution in [0.2, 0.25) is 0 Å². The summed E-state index contributed by atoms with van der Waals surface area (Å²) < 4.78 is 5.07. The van der Waals surface area contributed by atoms with Crippen LogP contribution in [0.25, 0.3) is 21.8 Å². The maximum atomic E-state index is 13.5. The van der Waals surface area contributed by atoms with Crippen molar-refractivity contribution < 1.29 is 29.0 Å². The number of H-pyrrole nitrogens is 2. The molecular weight excluding hydrogens is 741 g/mol. The van der Waals surface area contributed by atoms with Gasteiger partial charge in [0.05, 0.1) is 18.9 Å². The maximum absolute atomic E-state index is 13.5. The van der Waals surface area contributed by atoms with Crippen LogP contribution < -0.4 is 0 Å². The van der Waals surface area contributed by atoms with Gasteiger partial charge in [0.25, 0.3) is 0 Å². The number of hydrogen-bond donors (Lipinski definition) is 3. The predicted octanol–water partition coefficient (Wildman–Crippen LogP) is 9.67. The highest BCUT2D eigenvalue weighted by atomic mass is 16.5. The number of rotatable bonds is 10. The molecule has 10 nitrogen and oxygen atoms in total. The van der Waals surface area contributed by atoms with E-state index in [0.29, 0.717) is 44.2 Å². The van der Waals surface area contributed by atoms with Crippen molar-refractivity contribution >= 4 is 45.6 Å². The fourth-order valence-corrected chi connectivity index (χ4v) is 11.5. The Morgan fingerprint density at radius 3 is 1.51 bits per heavy atom. The van der Waals surface area contributed by atoms with Crippen LogP contribution in [-0.4, -0.2) is 80.9 Å². The van der Waals surface area contributed by atoms with Crippen molar-refractivity contribution in [1.82, 2.24) is 19.8 Å². The average Bonchev–Trinajstić information content (AvgIpc) is 3.88.